The molecule has 84 valence electrons. The van der Waals surface area contributed by atoms with Crippen molar-refractivity contribution < 1.29 is 0 Å². The quantitative estimate of drug-likeness (QED) is 0.826. The molecule has 0 fully saturated rings. The van der Waals surface area contributed by atoms with Crippen molar-refractivity contribution in [2.45, 2.75) is 27.7 Å². The Balaban J connectivity index is 2.69. The molecule has 2 aromatic rings. The number of fused-ring (bicyclic) bond motifs is 1. The first kappa shape index (κ1) is 10.9. The zero-order valence-corrected chi connectivity index (χ0v) is 10.4. The van der Waals surface area contributed by atoms with E-state index in [0.717, 1.165) is 17.9 Å². The molecule has 0 atom stereocenters. The predicted octanol–water partition coefficient (Wildman–Crippen LogP) is 3.59. The molecule has 0 aliphatic rings. The number of aryl methyl sites for hydroxylation is 3. The Labute approximate surface area is 96.7 Å². The molecule has 0 aliphatic heterocycles. The summed E-state index contributed by atoms with van der Waals surface area (Å²) in [6.45, 7) is 9.35. The molecule has 0 saturated heterocycles. The summed E-state index contributed by atoms with van der Waals surface area (Å²) in [5.41, 5.74) is 4.86. The maximum absolute atomic E-state index is 4.68. The lowest BCUT2D eigenvalue weighted by Crippen LogP contribution is -2.02. The van der Waals surface area contributed by atoms with Crippen LogP contribution in [0.15, 0.2) is 18.2 Å². The summed E-state index contributed by atoms with van der Waals surface area (Å²) in [6.07, 6.45) is 0. The lowest BCUT2D eigenvalue weighted by molar-refractivity contribution is 1.15. The average Bonchev–Trinajstić information content (AvgIpc) is 2.21. The molecule has 1 heterocycles. The van der Waals surface area contributed by atoms with Gasteiger partial charge in [0.1, 0.15) is 5.82 Å². The number of rotatable bonds is 2. The highest BCUT2D eigenvalue weighted by Gasteiger charge is 2.05. The van der Waals surface area contributed by atoms with Gasteiger partial charge in [0.25, 0.3) is 0 Å². The third-order valence-corrected chi connectivity index (χ3v) is 2.82. The molecule has 1 aromatic heterocycles. The van der Waals surface area contributed by atoms with Crippen LogP contribution in [0.25, 0.3) is 10.9 Å². The molecule has 16 heavy (non-hydrogen) atoms. The highest BCUT2D eigenvalue weighted by atomic mass is 15.0. The van der Waals surface area contributed by atoms with Gasteiger partial charge in [0.15, 0.2) is 0 Å². The van der Waals surface area contributed by atoms with Crippen LogP contribution < -0.4 is 5.32 Å². The zero-order valence-electron chi connectivity index (χ0n) is 10.4. The van der Waals surface area contributed by atoms with Crippen LogP contribution in [0.5, 0.6) is 0 Å². The van der Waals surface area contributed by atoms with Crippen LogP contribution in [0.2, 0.25) is 0 Å². The van der Waals surface area contributed by atoms with Crippen LogP contribution >= 0.6 is 0 Å². The normalized spacial score (nSPS) is 10.8. The van der Waals surface area contributed by atoms with Crippen molar-refractivity contribution >= 4 is 16.7 Å². The van der Waals surface area contributed by atoms with Gasteiger partial charge in [0.2, 0.25) is 0 Å². The average molecular weight is 214 g/mol. The van der Waals surface area contributed by atoms with E-state index in [4.69, 9.17) is 0 Å². The molecule has 1 aromatic carbocycles. The minimum Gasteiger partial charge on any atom is -0.370 e. The molecule has 0 amide bonds. The Morgan fingerprint density at radius 3 is 2.50 bits per heavy atom. The second-order valence-electron chi connectivity index (χ2n) is 4.33. The molecular formula is C14H18N2. The van der Waals surface area contributed by atoms with Crippen LogP contribution in [0.3, 0.4) is 0 Å². The van der Waals surface area contributed by atoms with E-state index in [1.165, 1.54) is 22.1 Å². The van der Waals surface area contributed by atoms with Crippen molar-refractivity contribution in [1.82, 2.24) is 4.98 Å². The number of benzene rings is 1. The van der Waals surface area contributed by atoms with E-state index >= 15 is 0 Å². The van der Waals surface area contributed by atoms with Crippen molar-refractivity contribution in [1.29, 1.82) is 0 Å². The third-order valence-electron chi connectivity index (χ3n) is 2.82. The maximum atomic E-state index is 4.68. The fourth-order valence-electron chi connectivity index (χ4n) is 2.08. The molecule has 0 spiro atoms. The minimum absolute atomic E-state index is 0.907. The number of aromatic nitrogens is 1. The van der Waals surface area contributed by atoms with Gasteiger partial charge in [-0.3, -0.25) is 0 Å². The second-order valence-corrected chi connectivity index (χ2v) is 4.33. The van der Waals surface area contributed by atoms with Gasteiger partial charge >= 0.3 is 0 Å². The molecule has 0 aliphatic carbocycles. The predicted molar refractivity (Wildman–Crippen MR) is 70.1 cm³/mol. The maximum Gasteiger partial charge on any atom is 0.129 e. The monoisotopic (exact) mass is 214 g/mol. The Bertz CT molecular complexity index is 530. The molecule has 2 heteroatoms. The van der Waals surface area contributed by atoms with Crippen molar-refractivity contribution in [3.05, 3.63) is 34.9 Å². The summed E-state index contributed by atoms with van der Waals surface area (Å²) in [4.78, 5) is 4.68. The van der Waals surface area contributed by atoms with Gasteiger partial charge < -0.3 is 5.32 Å². The van der Waals surface area contributed by atoms with Gasteiger partial charge in [0, 0.05) is 11.9 Å². The fourth-order valence-corrected chi connectivity index (χ4v) is 2.08. The van der Waals surface area contributed by atoms with Crippen LogP contribution in [-0.4, -0.2) is 11.5 Å². The Morgan fingerprint density at radius 2 is 1.81 bits per heavy atom. The summed E-state index contributed by atoms with van der Waals surface area (Å²) in [7, 11) is 0. The first-order valence-electron chi connectivity index (χ1n) is 5.74. The number of nitrogens with zero attached hydrogens (tertiary/aromatic N) is 1. The molecule has 0 bridgehead atoms. The van der Waals surface area contributed by atoms with Crippen LogP contribution in [0, 0.1) is 20.8 Å². The molecule has 2 nitrogen and oxygen atoms in total. The minimum atomic E-state index is 0.907. The van der Waals surface area contributed by atoms with Crippen LogP contribution in [0.4, 0.5) is 5.82 Å². The second kappa shape index (κ2) is 4.12. The molecule has 0 saturated carbocycles. The van der Waals surface area contributed by atoms with E-state index in [0.29, 0.717) is 0 Å². The van der Waals surface area contributed by atoms with Crippen LogP contribution in [0.1, 0.15) is 23.6 Å². The van der Waals surface area contributed by atoms with Crippen molar-refractivity contribution in [3.8, 4) is 0 Å². The van der Waals surface area contributed by atoms with Gasteiger partial charge in [-0.05, 0) is 56.5 Å². The molecule has 2 rings (SSSR count). The molecular weight excluding hydrogens is 196 g/mol. The Hall–Kier alpha value is -1.57. The topological polar surface area (TPSA) is 24.9 Å². The van der Waals surface area contributed by atoms with Gasteiger partial charge in [-0.1, -0.05) is 6.07 Å². The van der Waals surface area contributed by atoms with E-state index in [1.807, 2.05) is 0 Å². The lowest BCUT2D eigenvalue weighted by atomic mass is 10.0. The van der Waals surface area contributed by atoms with Gasteiger partial charge in [-0.25, -0.2) is 4.98 Å². The summed E-state index contributed by atoms with van der Waals surface area (Å²) in [5, 5.41) is 4.55. The summed E-state index contributed by atoms with van der Waals surface area (Å²) in [5.74, 6) is 1.00. The lowest BCUT2D eigenvalue weighted by Gasteiger charge is -2.10. The molecule has 0 radical (unpaired) electrons. The molecule has 0 unspecified atom stereocenters. The highest BCUT2D eigenvalue weighted by molar-refractivity contribution is 5.85. The van der Waals surface area contributed by atoms with E-state index in [9.17, 15) is 0 Å². The number of pyridine rings is 1. The van der Waals surface area contributed by atoms with E-state index in [1.54, 1.807) is 0 Å². The van der Waals surface area contributed by atoms with Gasteiger partial charge in [0.05, 0.1) is 5.52 Å². The summed E-state index contributed by atoms with van der Waals surface area (Å²) in [6, 6.07) is 6.56. The van der Waals surface area contributed by atoms with Crippen molar-refractivity contribution in [2.24, 2.45) is 0 Å². The smallest absolute Gasteiger partial charge is 0.129 e. The Kier molecular flexibility index (Phi) is 2.82. The van der Waals surface area contributed by atoms with E-state index in [2.05, 4.69) is 56.2 Å². The largest absolute Gasteiger partial charge is 0.370 e. The van der Waals surface area contributed by atoms with Crippen molar-refractivity contribution in [2.75, 3.05) is 11.9 Å². The summed E-state index contributed by atoms with van der Waals surface area (Å²) >= 11 is 0. The number of hydrogen-bond acceptors (Lipinski definition) is 2. The van der Waals surface area contributed by atoms with E-state index < -0.39 is 0 Å². The SMILES string of the molecule is CCNc1nc2cc(C)cc(C)c2cc1C. The van der Waals surface area contributed by atoms with Crippen molar-refractivity contribution in [3.63, 3.8) is 0 Å². The molecule has 1 N–H and O–H groups in total. The first-order valence-corrected chi connectivity index (χ1v) is 5.74. The number of anilines is 1. The fraction of sp³-hybridized carbons (Fsp3) is 0.357. The third kappa shape index (κ3) is 1.87. The number of hydrogen-bond donors (Lipinski definition) is 1. The zero-order chi connectivity index (χ0) is 11.7. The van der Waals surface area contributed by atoms with Gasteiger partial charge in [-0.15, -0.1) is 0 Å². The van der Waals surface area contributed by atoms with Crippen LogP contribution in [-0.2, 0) is 0 Å². The Morgan fingerprint density at radius 1 is 1.06 bits per heavy atom. The summed E-state index contributed by atoms with van der Waals surface area (Å²) < 4.78 is 0. The standard InChI is InChI=1S/C14H18N2/c1-5-15-14-11(4)8-12-10(3)6-9(2)7-13(12)16-14/h6-8H,5H2,1-4H3,(H,15,16). The highest BCUT2D eigenvalue weighted by Crippen LogP contribution is 2.23. The van der Waals surface area contributed by atoms with Gasteiger partial charge in [-0.2, -0.15) is 0 Å². The number of nitrogens with one attached hydrogen (secondary N) is 1. The first-order chi connectivity index (χ1) is 7.61. The van der Waals surface area contributed by atoms with E-state index in [-0.39, 0.29) is 0 Å².